The Hall–Kier alpha value is -2.56. The van der Waals surface area contributed by atoms with E-state index >= 15 is 0 Å². The summed E-state index contributed by atoms with van der Waals surface area (Å²) in [5.74, 6) is 0.272. The van der Waals surface area contributed by atoms with E-state index in [2.05, 4.69) is 36.7 Å². The highest BCUT2D eigenvalue weighted by Crippen LogP contribution is 2.38. The molecule has 0 radical (unpaired) electrons. The first-order chi connectivity index (χ1) is 11.0. The van der Waals surface area contributed by atoms with Crippen molar-refractivity contribution in [1.29, 1.82) is 0 Å². The molecule has 5 heteroatoms. The van der Waals surface area contributed by atoms with Crippen molar-refractivity contribution in [2.24, 2.45) is 5.73 Å². The van der Waals surface area contributed by atoms with Gasteiger partial charge < -0.3 is 15.4 Å². The van der Waals surface area contributed by atoms with E-state index in [1.54, 1.807) is 0 Å². The zero-order valence-corrected chi connectivity index (χ0v) is 13.7. The summed E-state index contributed by atoms with van der Waals surface area (Å²) in [5.41, 5.74) is 11.0. The van der Waals surface area contributed by atoms with Gasteiger partial charge in [0.1, 0.15) is 5.75 Å². The van der Waals surface area contributed by atoms with E-state index < -0.39 is 12.0 Å². The third-order valence-corrected chi connectivity index (χ3v) is 4.27. The Morgan fingerprint density at radius 3 is 2.65 bits per heavy atom. The third kappa shape index (κ3) is 2.74. The lowest BCUT2D eigenvalue weighted by Gasteiger charge is -2.34. The van der Waals surface area contributed by atoms with Crippen LogP contribution < -0.4 is 15.4 Å². The maximum absolute atomic E-state index is 11.5. The first-order valence-corrected chi connectivity index (χ1v) is 7.77. The van der Waals surface area contributed by atoms with Crippen molar-refractivity contribution in [3.8, 4) is 16.9 Å². The maximum Gasteiger partial charge on any atom is 0.260 e. The van der Waals surface area contributed by atoms with Crippen LogP contribution in [0.25, 0.3) is 11.1 Å². The highest BCUT2D eigenvalue weighted by molar-refractivity contribution is 5.83. The highest BCUT2D eigenvalue weighted by atomic mass is 16.5. The number of anilines is 1. The Labute approximate surface area is 136 Å². The van der Waals surface area contributed by atoms with E-state index in [1.165, 1.54) is 5.56 Å². The van der Waals surface area contributed by atoms with Crippen LogP contribution in [0.5, 0.6) is 5.75 Å². The number of carbonyl (C=O) groups is 1. The van der Waals surface area contributed by atoms with Crippen LogP contribution in [0.15, 0.2) is 30.6 Å². The van der Waals surface area contributed by atoms with Crippen molar-refractivity contribution < 1.29 is 9.53 Å². The Kier molecular flexibility index (Phi) is 3.94. The van der Waals surface area contributed by atoms with E-state index in [1.807, 2.05) is 24.5 Å². The first kappa shape index (κ1) is 15.3. The number of likely N-dealkylation sites (N-methyl/N-ethyl adjacent to an activating group) is 1. The minimum atomic E-state index is -0.599. The zero-order chi connectivity index (χ0) is 16.6. The number of carbonyl (C=O) groups excluding carboxylic acids is 1. The number of aryl methyl sites for hydroxylation is 2. The Morgan fingerprint density at radius 2 is 2.04 bits per heavy atom. The van der Waals surface area contributed by atoms with Crippen LogP contribution in [0.4, 0.5) is 5.69 Å². The van der Waals surface area contributed by atoms with Crippen molar-refractivity contribution in [1.82, 2.24) is 4.98 Å². The van der Waals surface area contributed by atoms with Crippen LogP contribution >= 0.6 is 0 Å². The second-order valence-electron chi connectivity index (χ2n) is 5.88. The maximum atomic E-state index is 11.5. The van der Waals surface area contributed by atoms with Crippen LogP contribution in [0.3, 0.4) is 0 Å². The second-order valence-corrected chi connectivity index (χ2v) is 5.88. The molecule has 1 unspecified atom stereocenters. The molecule has 0 spiro atoms. The second kappa shape index (κ2) is 5.91. The summed E-state index contributed by atoms with van der Waals surface area (Å²) in [6.07, 6.45) is 3.15. The number of rotatable bonds is 3. The van der Waals surface area contributed by atoms with Crippen LogP contribution in [-0.2, 0) is 4.79 Å². The van der Waals surface area contributed by atoms with Gasteiger partial charge in [0.15, 0.2) is 6.10 Å². The number of pyridine rings is 1. The normalized spacial score (nSPS) is 16.7. The average Bonchev–Trinajstić information content (AvgIpc) is 2.53. The van der Waals surface area contributed by atoms with Gasteiger partial charge in [-0.1, -0.05) is 6.07 Å². The van der Waals surface area contributed by atoms with Crippen LogP contribution in [-0.4, -0.2) is 30.1 Å². The van der Waals surface area contributed by atoms with Crippen molar-refractivity contribution in [2.75, 3.05) is 18.0 Å². The van der Waals surface area contributed by atoms with Gasteiger partial charge in [0.05, 0.1) is 12.2 Å². The van der Waals surface area contributed by atoms with Gasteiger partial charge in [0.25, 0.3) is 5.91 Å². The minimum absolute atomic E-state index is 0.431. The molecule has 0 saturated heterocycles. The van der Waals surface area contributed by atoms with E-state index in [4.69, 9.17) is 10.5 Å². The number of aromatic nitrogens is 1. The van der Waals surface area contributed by atoms with Gasteiger partial charge in [-0.3, -0.25) is 9.78 Å². The lowest BCUT2D eigenvalue weighted by Crippen LogP contribution is -2.47. The van der Waals surface area contributed by atoms with Gasteiger partial charge in [-0.2, -0.15) is 0 Å². The molecule has 5 nitrogen and oxygen atoms in total. The molecule has 1 atom stereocenters. The lowest BCUT2D eigenvalue weighted by molar-refractivity contribution is -0.124. The Balaban J connectivity index is 2.07. The van der Waals surface area contributed by atoms with Crippen molar-refractivity contribution >= 4 is 11.6 Å². The van der Waals surface area contributed by atoms with Gasteiger partial charge >= 0.3 is 0 Å². The van der Waals surface area contributed by atoms with Crippen molar-refractivity contribution in [3.05, 3.63) is 41.7 Å². The molecular weight excluding hydrogens is 290 g/mol. The van der Waals surface area contributed by atoms with Gasteiger partial charge in [-0.15, -0.1) is 0 Å². The van der Waals surface area contributed by atoms with Crippen molar-refractivity contribution in [2.45, 2.75) is 26.9 Å². The number of nitrogens with two attached hydrogens (primary N) is 1. The summed E-state index contributed by atoms with van der Waals surface area (Å²) < 4.78 is 5.75. The quantitative estimate of drug-likeness (QED) is 0.945. The molecule has 1 aromatic carbocycles. The van der Waals surface area contributed by atoms with Crippen LogP contribution in [0, 0.1) is 13.8 Å². The van der Waals surface area contributed by atoms with Gasteiger partial charge in [0, 0.05) is 18.9 Å². The Bertz CT molecular complexity index is 738. The fraction of sp³-hybridized carbons (Fsp3) is 0.333. The SMILES string of the molecule is CCN1CC(C(N)=O)Oc2ccc(-c3c(C)cncc3C)cc21. The number of amides is 1. The molecule has 0 saturated carbocycles. The van der Waals surface area contributed by atoms with E-state index in [0.29, 0.717) is 12.3 Å². The predicted octanol–water partition coefficient (Wildman–Crippen LogP) is 2.44. The molecule has 120 valence electrons. The van der Waals surface area contributed by atoms with E-state index in [-0.39, 0.29) is 0 Å². The molecule has 23 heavy (non-hydrogen) atoms. The zero-order valence-electron chi connectivity index (χ0n) is 13.7. The average molecular weight is 311 g/mol. The fourth-order valence-corrected chi connectivity index (χ4v) is 3.11. The summed E-state index contributed by atoms with van der Waals surface area (Å²) in [7, 11) is 0. The molecule has 0 fully saturated rings. The Morgan fingerprint density at radius 1 is 1.35 bits per heavy atom. The molecule has 1 aromatic heterocycles. The highest BCUT2D eigenvalue weighted by Gasteiger charge is 2.29. The van der Waals surface area contributed by atoms with E-state index in [0.717, 1.165) is 28.9 Å². The standard InChI is InChI=1S/C18H21N3O2/c1-4-21-10-16(18(19)22)23-15-6-5-13(7-14(15)21)17-11(2)8-20-9-12(17)3/h5-9,16H,4,10H2,1-3H3,(H2,19,22). The summed E-state index contributed by atoms with van der Waals surface area (Å²) in [6.45, 7) is 7.45. The topological polar surface area (TPSA) is 68.5 Å². The first-order valence-electron chi connectivity index (χ1n) is 7.77. The number of primary amides is 1. The molecule has 0 aliphatic carbocycles. The summed E-state index contributed by atoms with van der Waals surface area (Å²) in [6, 6.07) is 6.05. The van der Waals surface area contributed by atoms with Gasteiger partial charge in [-0.05, 0) is 55.2 Å². The number of hydrogen-bond acceptors (Lipinski definition) is 4. The molecule has 3 rings (SSSR count). The summed E-state index contributed by atoms with van der Waals surface area (Å²) >= 11 is 0. The predicted molar refractivity (Wildman–Crippen MR) is 90.6 cm³/mol. The van der Waals surface area contributed by atoms with Crippen LogP contribution in [0.2, 0.25) is 0 Å². The smallest absolute Gasteiger partial charge is 0.260 e. The monoisotopic (exact) mass is 311 g/mol. The number of benzene rings is 1. The number of ether oxygens (including phenoxy) is 1. The molecule has 2 aromatic rings. The summed E-state index contributed by atoms with van der Waals surface area (Å²) in [4.78, 5) is 17.8. The molecule has 2 N–H and O–H groups in total. The minimum Gasteiger partial charge on any atom is -0.477 e. The third-order valence-electron chi connectivity index (χ3n) is 4.27. The molecule has 0 bridgehead atoms. The molecule has 1 aliphatic heterocycles. The number of hydrogen-bond donors (Lipinski definition) is 1. The summed E-state index contributed by atoms with van der Waals surface area (Å²) in [5, 5.41) is 0. The fourth-order valence-electron chi connectivity index (χ4n) is 3.11. The largest absolute Gasteiger partial charge is 0.477 e. The number of nitrogens with zero attached hydrogens (tertiary/aromatic N) is 2. The number of fused-ring (bicyclic) bond motifs is 1. The lowest BCUT2D eigenvalue weighted by atomic mass is 9.97. The van der Waals surface area contributed by atoms with Gasteiger partial charge in [0.2, 0.25) is 0 Å². The molecule has 1 aliphatic rings. The van der Waals surface area contributed by atoms with Crippen LogP contribution in [0.1, 0.15) is 18.1 Å². The molecule has 1 amide bonds. The van der Waals surface area contributed by atoms with Gasteiger partial charge in [-0.25, -0.2) is 0 Å². The molecular formula is C18H21N3O2. The molecule has 2 heterocycles. The van der Waals surface area contributed by atoms with Crippen molar-refractivity contribution in [3.63, 3.8) is 0 Å². The van der Waals surface area contributed by atoms with E-state index in [9.17, 15) is 4.79 Å².